The molecule has 3 heteroatoms. The fraction of sp³-hybridized carbons (Fsp3) is 0.533. The van der Waals surface area contributed by atoms with Crippen LogP contribution in [0.2, 0.25) is 0 Å². The van der Waals surface area contributed by atoms with Gasteiger partial charge in [-0.15, -0.1) is 0 Å². The third-order valence-electron chi connectivity index (χ3n) is 4.05. The Labute approximate surface area is 114 Å². The average molecular weight is 309 g/mol. The van der Waals surface area contributed by atoms with E-state index in [-0.39, 0.29) is 25.4 Å². The third-order valence-corrected chi connectivity index (χ3v) is 7.07. The SMILES string of the molecule is CC1(C)CCC2(CC1)OC(=O)c1ccccc1[Se]2. The Kier molecular flexibility index (Phi) is 2.80. The molecule has 96 valence electrons. The summed E-state index contributed by atoms with van der Waals surface area (Å²) in [5, 5.41) is 0. The zero-order chi connectivity index (χ0) is 12.8. The molecule has 18 heavy (non-hydrogen) atoms. The van der Waals surface area contributed by atoms with Crippen LogP contribution < -0.4 is 4.46 Å². The zero-order valence-corrected chi connectivity index (χ0v) is 12.6. The van der Waals surface area contributed by atoms with Crippen LogP contribution in [-0.4, -0.2) is 25.4 Å². The summed E-state index contributed by atoms with van der Waals surface area (Å²) in [7, 11) is 0. The normalized spacial score (nSPS) is 24.4. The fourth-order valence-corrected chi connectivity index (χ4v) is 5.48. The van der Waals surface area contributed by atoms with Gasteiger partial charge in [-0.1, -0.05) is 0 Å². The second-order valence-electron chi connectivity index (χ2n) is 6.06. The molecule has 1 saturated carbocycles. The van der Waals surface area contributed by atoms with Gasteiger partial charge in [0.05, 0.1) is 0 Å². The Balaban J connectivity index is 1.88. The Morgan fingerprint density at radius 2 is 1.78 bits per heavy atom. The first kappa shape index (κ1) is 12.3. The molecule has 2 nitrogen and oxygen atoms in total. The van der Waals surface area contributed by atoms with Gasteiger partial charge in [0.15, 0.2) is 0 Å². The van der Waals surface area contributed by atoms with E-state index in [1.807, 2.05) is 18.2 Å². The Morgan fingerprint density at radius 1 is 1.11 bits per heavy atom. The van der Waals surface area contributed by atoms with Crippen LogP contribution >= 0.6 is 0 Å². The predicted molar refractivity (Wildman–Crippen MR) is 72.2 cm³/mol. The molecule has 0 saturated heterocycles. The summed E-state index contributed by atoms with van der Waals surface area (Å²) in [6, 6.07) is 7.92. The van der Waals surface area contributed by atoms with Crippen molar-refractivity contribution in [2.75, 3.05) is 0 Å². The second kappa shape index (κ2) is 4.11. The summed E-state index contributed by atoms with van der Waals surface area (Å²) in [4.78, 5) is 12.1. The van der Waals surface area contributed by atoms with Crippen molar-refractivity contribution in [2.45, 2.75) is 44.0 Å². The molecule has 1 fully saturated rings. The Bertz CT molecular complexity index is 483. The molecule has 1 aliphatic carbocycles. The monoisotopic (exact) mass is 310 g/mol. The molecular formula is C15H18O2Se. The van der Waals surface area contributed by atoms with Crippen molar-refractivity contribution in [2.24, 2.45) is 5.41 Å². The number of hydrogen-bond acceptors (Lipinski definition) is 2. The number of ether oxygens (including phenoxy) is 1. The number of fused-ring (bicyclic) bond motifs is 1. The van der Waals surface area contributed by atoms with Crippen LogP contribution in [0.1, 0.15) is 49.9 Å². The summed E-state index contributed by atoms with van der Waals surface area (Å²) in [5.41, 5.74) is 1.19. The molecule has 0 bridgehead atoms. The van der Waals surface area contributed by atoms with Crippen molar-refractivity contribution in [1.29, 1.82) is 0 Å². The van der Waals surface area contributed by atoms with Crippen molar-refractivity contribution in [3.63, 3.8) is 0 Å². The van der Waals surface area contributed by atoms with Crippen LogP contribution in [0.4, 0.5) is 0 Å². The molecule has 1 aromatic rings. The van der Waals surface area contributed by atoms with Gasteiger partial charge in [0.2, 0.25) is 0 Å². The first-order valence-corrected chi connectivity index (χ1v) is 8.23. The minimum atomic E-state index is -0.159. The van der Waals surface area contributed by atoms with Crippen molar-refractivity contribution in [3.05, 3.63) is 29.8 Å². The molecule has 3 rings (SSSR count). The molecule has 0 aromatic heterocycles. The number of carbonyl (C=O) groups excluding carboxylic acids is 1. The first-order chi connectivity index (χ1) is 8.50. The van der Waals surface area contributed by atoms with E-state index >= 15 is 0 Å². The Hall–Kier alpha value is -0.791. The molecule has 0 N–H and O–H groups in total. The van der Waals surface area contributed by atoms with Crippen molar-refractivity contribution in [3.8, 4) is 0 Å². The predicted octanol–water partition coefficient (Wildman–Crippen LogP) is 2.48. The van der Waals surface area contributed by atoms with E-state index in [2.05, 4.69) is 19.9 Å². The van der Waals surface area contributed by atoms with Gasteiger partial charge in [0, 0.05) is 0 Å². The van der Waals surface area contributed by atoms with Gasteiger partial charge in [-0.05, 0) is 0 Å². The molecule has 1 spiro atoms. The minimum absolute atomic E-state index is 0.113. The van der Waals surface area contributed by atoms with Crippen LogP contribution in [0.25, 0.3) is 0 Å². The molecule has 1 heterocycles. The number of hydrogen-bond donors (Lipinski definition) is 0. The van der Waals surface area contributed by atoms with Gasteiger partial charge >= 0.3 is 114 Å². The zero-order valence-electron chi connectivity index (χ0n) is 10.9. The van der Waals surface area contributed by atoms with Crippen LogP contribution in [0, 0.1) is 5.41 Å². The van der Waals surface area contributed by atoms with Gasteiger partial charge in [0.1, 0.15) is 0 Å². The van der Waals surface area contributed by atoms with E-state index in [1.165, 1.54) is 4.46 Å². The number of benzene rings is 1. The van der Waals surface area contributed by atoms with Crippen LogP contribution in [0.5, 0.6) is 0 Å². The molecule has 0 atom stereocenters. The third kappa shape index (κ3) is 2.10. The summed E-state index contributed by atoms with van der Waals surface area (Å²) in [5.74, 6) is -0.113. The number of esters is 1. The average Bonchev–Trinajstić information content (AvgIpc) is 2.34. The molecule has 1 aromatic carbocycles. The topological polar surface area (TPSA) is 26.3 Å². The summed E-state index contributed by atoms with van der Waals surface area (Å²) in [6.07, 6.45) is 4.37. The maximum absolute atomic E-state index is 12.1. The molecule has 2 aliphatic rings. The molecule has 0 amide bonds. The van der Waals surface area contributed by atoms with Gasteiger partial charge in [-0.25, -0.2) is 0 Å². The first-order valence-electron chi connectivity index (χ1n) is 6.51. The van der Waals surface area contributed by atoms with E-state index in [4.69, 9.17) is 4.74 Å². The van der Waals surface area contributed by atoms with Gasteiger partial charge in [0.25, 0.3) is 0 Å². The van der Waals surface area contributed by atoms with E-state index in [0.29, 0.717) is 5.41 Å². The van der Waals surface area contributed by atoms with Crippen LogP contribution in [0.3, 0.4) is 0 Å². The van der Waals surface area contributed by atoms with Crippen LogP contribution in [-0.2, 0) is 4.74 Å². The quantitative estimate of drug-likeness (QED) is 0.544. The Morgan fingerprint density at radius 3 is 2.50 bits per heavy atom. The van der Waals surface area contributed by atoms with Gasteiger partial charge < -0.3 is 0 Å². The van der Waals surface area contributed by atoms with Gasteiger partial charge in [-0.3, -0.25) is 0 Å². The number of rotatable bonds is 0. The molecule has 1 aliphatic heterocycles. The standard InChI is InChI=1S/C15H18O2Se/c1-14(2)7-9-15(10-8-14)17-13(16)11-5-3-4-6-12(11)18-15/h3-6H,7-10H2,1-2H3. The molecular weight excluding hydrogens is 291 g/mol. The fourth-order valence-electron chi connectivity index (χ4n) is 2.68. The van der Waals surface area contributed by atoms with E-state index in [1.54, 1.807) is 0 Å². The summed E-state index contributed by atoms with van der Waals surface area (Å²) < 4.78 is 6.89. The van der Waals surface area contributed by atoms with Crippen molar-refractivity contribution < 1.29 is 9.53 Å². The molecule has 0 radical (unpaired) electrons. The van der Waals surface area contributed by atoms with E-state index in [9.17, 15) is 4.79 Å². The summed E-state index contributed by atoms with van der Waals surface area (Å²) >= 11 is 0.258. The second-order valence-corrected chi connectivity index (χ2v) is 8.97. The molecule has 0 unspecified atom stereocenters. The summed E-state index contributed by atoms with van der Waals surface area (Å²) in [6.45, 7) is 4.62. The van der Waals surface area contributed by atoms with Crippen molar-refractivity contribution >= 4 is 25.4 Å². The van der Waals surface area contributed by atoms with Crippen molar-refractivity contribution in [1.82, 2.24) is 0 Å². The van der Waals surface area contributed by atoms with E-state index in [0.717, 1.165) is 31.2 Å². The number of carbonyl (C=O) groups is 1. The van der Waals surface area contributed by atoms with E-state index < -0.39 is 0 Å². The van der Waals surface area contributed by atoms with Gasteiger partial charge in [-0.2, -0.15) is 0 Å². The maximum atomic E-state index is 12.1. The van der Waals surface area contributed by atoms with Crippen LogP contribution in [0.15, 0.2) is 24.3 Å².